The van der Waals surface area contributed by atoms with Gasteiger partial charge < -0.3 is 5.32 Å². The summed E-state index contributed by atoms with van der Waals surface area (Å²) in [5.41, 5.74) is 1.47. The van der Waals surface area contributed by atoms with Gasteiger partial charge >= 0.3 is 0 Å². The fraction of sp³-hybridized carbons (Fsp3) is 0.647. The van der Waals surface area contributed by atoms with E-state index < -0.39 is 0 Å². The summed E-state index contributed by atoms with van der Waals surface area (Å²) in [5.74, 6) is 0.677. The van der Waals surface area contributed by atoms with Crippen molar-refractivity contribution in [3.63, 3.8) is 0 Å². The molecule has 112 valence electrons. The molecule has 1 saturated carbocycles. The maximum atomic E-state index is 6.48. The lowest BCUT2D eigenvalue weighted by Gasteiger charge is -2.39. The molecule has 0 heterocycles. The molecule has 0 aromatic heterocycles. The van der Waals surface area contributed by atoms with Crippen molar-refractivity contribution in [1.82, 2.24) is 5.32 Å². The van der Waals surface area contributed by atoms with Gasteiger partial charge in [-0.3, -0.25) is 0 Å². The third-order valence-electron chi connectivity index (χ3n) is 4.33. The normalized spacial score (nSPS) is 18.4. The molecule has 1 aliphatic rings. The average Bonchev–Trinajstić information content (AvgIpc) is 2.39. The molecule has 0 radical (unpaired) electrons. The summed E-state index contributed by atoms with van der Waals surface area (Å²) >= 11 is 12.5. The van der Waals surface area contributed by atoms with E-state index in [2.05, 4.69) is 25.2 Å². The maximum absolute atomic E-state index is 6.48. The van der Waals surface area contributed by atoms with Gasteiger partial charge in [0.15, 0.2) is 0 Å². The lowest BCUT2D eigenvalue weighted by Crippen LogP contribution is -2.41. The van der Waals surface area contributed by atoms with Crippen molar-refractivity contribution >= 4 is 23.2 Å². The third kappa shape index (κ3) is 3.90. The van der Waals surface area contributed by atoms with Gasteiger partial charge in [0.25, 0.3) is 0 Å². The molecule has 0 bridgehead atoms. The van der Waals surface area contributed by atoms with Crippen LogP contribution >= 0.6 is 23.2 Å². The lowest BCUT2D eigenvalue weighted by atomic mass is 9.69. The van der Waals surface area contributed by atoms with Crippen LogP contribution < -0.4 is 5.32 Å². The van der Waals surface area contributed by atoms with E-state index in [4.69, 9.17) is 23.2 Å². The Balaban J connectivity index is 2.21. The Bertz CT molecular complexity index is 437. The third-order valence-corrected chi connectivity index (χ3v) is 4.88. The predicted molar refractivity (Wildman–Crippen MR) is 88.9 cm³/mol. The second-order valence-corrected chi connectivity index (χ2v) is 7.33. The van der Waals surface area contributed by atoms with Crippen LogP contribution in [0.4, 0.5) is 0 Å². The first-order valence-corrected chi connectivity index (χ1v) is 8.45. The standard InChI is InChI=1S/C17H25Cl2N/c1-13(2)11-20-12-17(8-4-3-5-9-17)15-7-6-14(18)10-16(15)19/h6-7,10,13,20H,3-5,8-9,11-12H2,1-2H3. The van der Waals surface area contributed by atoms with E-state index in [0.717, 1.165) is 23.1 Å². The van der Waals surface area contributed by atoms with Gasteiger partial charge in [0, 0.05) is 22.0 Å². The molecule has 0 spiro atoms. The monoisotopic (exact) mass is 313 g/mol. The molecule has 0 saturated heterocycles. The van der Waals surface area contributed by atoms with Crippen LogP contribution in [0, 0.1) is 5.92 Å². The largest absolute Gasteiger partial charge is 0.316 e. The van der Waals surface area contributed by atoms with Gasteiger partial charge in [-0.25, -0.2) is 0 Å². The van der Waals surface area contributed by atoms with Crippen LogP contribution in [0.3, 0.4) is 0 Å². The molecule has 3 heteroatoms. The minimum Gasteiger partial charge on any atom is -0.316 e. The quantitative estimate of drug-likeness (QED) is 0.763. The first-order valence-electron chi connectivity index (χ1n) is 7.70. The van der Waals surface area contributed by atoms with Crippen LogP contribution in [0.15, 0.2) is 18.2 Å². The van der Waals surface area contributed by atoms with Gasteiger partial charge in [0.05, 0.1) is 0 Å². The predicted octanol–water partition coefficient (Wildman–Crippen LogP) is 5.44. The first kappa shape index (κ1) is 16.1. The van der Waals surface area contributed by atoms with Gasteiger partial charge in [-0.1, -0.05) is 62.4 Å². The van der Waals surface area contributed by atoms with E-state index >= 15 is 0 Å². The Hall–Kier alpha value is -0.240. The fourth-order valence-electron chi connectivity index (χ4n) is 3.29. The summed E-state index contributed by atoms with van der Waals surface area (Å²) < 4.78 is 0. The maximum Gasteiger partial charge on any atom is 0.0458 e. The number of rotatable bonds is 5. The summed E-state index contributed by atoms with van der Waals surface area (Å²) in [4.78, 5) is 0. The molecule has 1 aromatic rings. The van der Waals surface area contributed by atoms with Crippen molar-refractivity contribution in [2.45, 2.75) is 51.4 Å². The molecule has 0 aliphatic heterocycles. The minimum absolute atomic E-state index is 0.189. The number of hydrogen-bond donors (Lipinski definition) is 1. The van der Waals surface area contributed by atoms with E-state index in [1.54, 1.807) is 0 Å². The van der Waals surface area contributed by atoms with Crippen molar-refractivity contribution in [3.8, 4) is 0 Å². The Kier molecular flexibility index (Phi) is 5.77. The van der Waals surface area contributed by atoms with Crippen LogP contribution in [0.25, 0.3) is 0 Å². The highest BCUT2D eigenvalue weighted by molar-refractivity contribution is 6.35. The minimum atomic E-state index is 0.189. The number of benzene rings is 1. The van der Waals surface area contributed by atoms with Crippen LogP contribution in [0.5, 0.6) is 0 Å². The molecule has 2 rings (SSSR count). The van der Waals surface area contributed by atoms with Crippen molar-refractivity contribution in [1.29, 1.82) is 0 Å². The zero-order chi connectivity index (χ0) is 14.6. The Morgan fingerprint density at radius 3 is 2.45 bits per heavy atom. The van der Waals surface area contributed by atoms with Gasteiger partial charge in [0.1, 0.15) is 0 Å². The van der Waals surface area contributed by atoms with Crippen LogP contribution in [0.2, 0.25) is 10.0 Å². The van der Waals surface area contributed by atoms with Gasteiger partial charge in [-0.15, -0.1) is 0 Å². The molecule has 0 atom stereocenters. The second kappa shape index (κ2) is 7.15. The lowest BCUT2D eigenvalue weighted by molar-refractivity contribution is 0.276. The topological polar surface area (TPSA) is 12.0 Å². The highest BCUT2D eigenvalue weighted by atomic mass is 35.5. The summed E-state index contributed by atoms with van der Waals surface area (Å²) in [7, 11) is 0. The van der Waals surface area contributed by atoms with E-state index in [1.807, 2.05) is 12.1 Å². The van der Waals surface area contributed by atoms with Crippen molar-refractivity contribution < 1.29 is 0 Å². The zero-order valence-electron chi connectivity index (χ0n) is 12.5. The van der Waals surface area contributed by atoms with E-state index in [0.29, 0.717) is 5.92 Å². The number of halogens is 2. The summed E-state index contributed by atoms with van der Waals surface area (Å²) in [6, 6.07) is 5.99. The Morgan fingerprint density at radius 1 is 1.15 bits per heavy atom. The van der Waals surface area contributed by atoms with E-state index in [-0.39, 0.29) is 5.41 Å². The van der Waals surface area contributed by atoms with E-state index in [9.17, 15) is 0 Å². The summed E-state index contributed by atoms with van der Waals surface area (Å²) in [6.45, 7) is 6.57. The smallest absolute Gasteiger partial charge is 0.0458 e. The molecule has 20 heavy (non-hydrogen) atoms. The average molecular weight is 314 g/mol. The van der Waals surface area contributed by atoms with Crippen LogP contribution in [-0.2, 0) is 5.41 Å². The highest BCUT2D eigenvalue weighted by Crippen LogP contribution is 2.42. The number of nitrogens with one attached hydrogen (secondary N) is 1. The highest BCUT2D eigenvalue weighted by Gasteiger charge is 2.35. The second-order valence-electron chi connectivity index (χ2n) is 6.49. The SMILES string of the molecule is CC(C)CNCC1(c2ccc(Cl)cc2Cl)CCCCC1. The fourth-order valence-corrected chi connectivity index (χ4v) is 3.90. The molecule has 1 fully saturated rings. The number of hydrogen-bond acceptors (Lipinski definition) is 1. The molecule has 1 aromatic carbocycles. The molecular weight excluding hydrogens is 289 g/mol. The van der Waals surface area contributed by atoms with Crippen molar-refractivity contribution in [2.75, 3.05) is 13.1 Å². The first-order chi connectivity index (χ1) is 9.53. The van der Waals surface area contributed by atoms with Crippen LogP contribution in [-0.4, -0.2) is 13.1 Å². The Labute approximate surface area is 133 Å². The molecule has 1 N–H and O–H groups in total. The molecule has 1 nitrogen and oxygen atoms in total. The molecule has 0 amide bonds. The zero-order valence-corrected chi connectivity index (χ0v) is 14.0. The van der Waals surface area contributed by atoms with Gasteiger partial charge in [-0.05, 0) is 43.0 Å². The Morgan fingerprint density at radius 2 is 1.85 bits per heavy atom. The van der Waals surface area contributed by atoms with Crippen molar-refractivity contribution in [3.05, 3.63) is 33.8 Å². The van der Waals surface area contributed by atoms with Gasteiger partial charge in [0.2, 0.25) is 0 Å². The molecule has 1 aliphatic carbocycles. The van der Waals surface area contributed by atoms with Crippen LogP contribution in [0.1, 0.15) is 51.5 Å². The van der Waals surface area contributed by atoms with E-state index in [1.165, 1.54) is 37.7 Å². The summed E-state index contributed by atoms with van der Waals surface area (Å²) in [5, 5.41) is 5.19. The van der Waals surface area contributed by atoms with Crippen molar-refractivity contribution in [2.24, 2.45) is 5.92 Å². The van der Waals surface area contributed by atoms with Gasteiger partial charge in [-0.2, -0.15) is 0 Å². The summed E-state index contributed by atoms with van der Waals surface area (Å²) in [6.07, 6.45) is 6.38. The molecule has 0 unspecified atom stereocenters. The molecular formula is C17H25Cl2N.